The molecule has 1 unspecified atom stereocenters. The van der Waals surface area contributed by atoms with Gasteiger partial charge in [0.1, 0.15) is 11.8 Å². The molecule has 0 saturated carbocycles. The fraction of sp³-hybridized carbons (Fsp3) is 0.643. The lowest BCUT2D eigenvalue weighted by atomic mass is 10.2. The normalized spacial score (nSPS) is 18.2. The lowest BCUT2D eigenvalue weighted by molar-refractivity contribution is 0.0224. The number of nitrogens with zero attached hydrogens (tertiary/aromatic N) is 3. The van der Waals surface area contributed by atoms with E-state index >= 15 is 0 Å². The van der Waals surface area contributed by atoms with Crippen molar-refractivity contribution >= 4 is 18.1 Å². The minimum absolute atomic E-state index is 0.340. The summed E-state index contributed by atoms with van der Waals surface area (Å²) in [7, 11) is 1.30. The van der Waals surface area contributed by atoms with Gasteiger partial charge in [0.25, 0.3) is 0 Å². The first-order valence-electron chi connectivity index (χ1n) is 7.19. The summed E-state index contributed by atoms with van der Waals surface area (Å²) in [4.78, 5) is 34.3. The Morgan fingerprint density at radius 2 is 2.18 bits per heavy atom. The van der Waals surface area contributed by atoms with E-state index in [1.165, 1.54) is 23.1 Å². The Bertz CT molecular complexity index is 523. The van der Waals surface area contributed by atoms with Gasteiger partial charge in [0, 0.05) is 18.9 Å². The number of ether oxygens (including phenoxy) is 2. The Kier molecular flexibility index (Phi) is 4.58. The van der Waals surface area contributed by atoms with Crippen LogP contribution in [-0.4, -0.2) is 52.5 Å². The molecule has 0 radical (unpaired) electrons. The fourth-order valence-corrected chi connectivity index (χ4v) is 2.39. The topological polar surface area (TPSA) is 87.8 Å². The molecule has 8 heteroatoms. The third-order valence-corrected chi connectivity index (χ3v) is 3.23. The van der Waals surface area contributed by atoms with E-state index in [0.717, 1.165) is 6.42 Å². The van der Waals surface area contributed by atoms with E-state index in [2.05, 4.69) is 9.97 Å². The SMILES string of the molecule is COC(=O)N(c1ncc[nH]1)C1CCCN1C(=O)OC(C)(C)C. The highest BCUT2D eigenvalue weighted by atomic mass is 16.6. The van der Waals surface area contributed by atoms with Gasteiger partial charge in [-0.3, -0.25) is 4.90 Å². The van der Waals surface area contributed by atoms with Crippen molar-refractivity contribution in [3.8, 4) is 0 Å². The molecule has 2 rings (SSSR count). The molecule has 1 atom stereocenters. The Hall–Kier alpha value is -2.25. The van der Waals surface area contributed by atoms with E-state index in [1.54, 1.807) is 27.0 Å². The van der Waals surface area contributed by atoms with Crippen LogP contribution in [0.4, 0.5) is 15.5 Å². The van der Waals surface area contributed by atoms with Gasteiger partial charge in [0.15, 0.2) is 0 Å². The van der Waals surface area contributed by atoms with E-state index < -0.39 is 24.0 Å². The number of carbonyl (C=O) groups is 2. The molecule has 2 amide bonds. The molecule has 1 aromatic heterocycles. The molecule has 1 fully saturated rings. The molecule has 0 spiro atoms. The highest BCUT2D eigenvalue weighted by Gasteiger charge is 2.40. The Labute approximate surface area is 129 Å². The highest BCUT2D eigenvalue weighted by Crippen LogP contribution is 2.26. The van der Waals surface area contributed by atoms with Gasteiger partial charge in [-0.1, -0.05) is 0 Å². The molecule has 0 bridgehead atoms. The van der Waals surface area contributed by atoms with Crippen LogP contribution >= 0.6 is 0 Å². The van der Waals surface area contributed by atoms with Crippen LogP contribution in [0.5, 0.6) is 0 Å². The molecule has 8 nitrogen and oxygen atoms in total. The summed E-state index contributed by atoms with van der Waals surface area (Å²) in [6, 6.07) is 0. The average molecular weight is 310 g/mol. The van der Waals surface area contributed by atoms with Gasteiger partial charge in [-0.15, -0.1) is 0 Å². The van der Waals surface area contributed by atoms with Gasteiger partial charge in [0.2, 0.25) is 5.95 Å². The van der Waals surface area contributed by atoms with Crippen LogP contribution in [0.3, 0.4) is 0 Å². The van der Waals surface area contributed by atoms with Crippen molar-refractivity contribution in [2.75, 3.05) is 18.6 Å². The molecular formula is C14H22N4O4. The number of imidazole rings is 1. The number of carbonyl (C=O) groups excluding carboxylic acids is 2. The van der Waals surface area contributed by atoms with Crippen LogP contribution in [-0.2, 0) is 9.47 Å². The van der Waals surface area contributed by atoms with E-state index in [0.29, 0.717) is 18.9 Å². The first kappa shape index (κ1) is 16.1. The van der Waals surface area contributed by atoms with Gasteiger partial charge in [-0.2, -0.15) is 0 Å². The van der Waals surface area contributed by atoms with Crippen LogP contribution < -0.4 is 4.90 Å². The zero-order chi connectivity index (χ0) is 16.3. The second kappa shape index (κ2) is 6.25. The van der Waals surface area contributed by atoms with Crippen molar-refractivity contribution in [2.45, 2.75) is 45.4 Å². The summed E-state index contributed by atoms with van der Waals surface area (Å²) in [5, 5.41) is 0. The molecule has 1 aliphatic heterocycles. The predicted octanol–water partition coefficient (Wildman–Crippen LogP) is 2.34. The minimum atomic E-state index is -0.592. The first-order valence-corrected chi connectivity index (χ1v) is 7.19. The minimum Gasteiger partial charge on any atom is -0.452 e. The number of hydrogen-bond acceptors (Lipinski definition) is 5. The summed E-state index contributed by atoms with van der Waals surface area (Å²) >= 11 is 0. The Balaban J connectivity index is 2.23. The quantitative estimate of drug-likeness (QED) is 0.906. The van der Waals surface area contributed by atoms with Gasteiger partial charge in [0.05, 0.1) is 7.11 Å². The number of amides is 2. The molecule has 1 aliphatic rings. The largest absolute Gasteiger partial charge is 0.452 e. The third kappa shape index (κ3) is 3.49. The number of aromatic nitrogens is 2. The number of anilines is 1. The predicted molar refractivity (Wildman–Crippen MR) is 79.4 cm³/mol. The second-order valence-electron chi connectivity index (χ2n) is 6.05. The van der Waals surface area contributed by atoms with E-state index in [-0.39, 0.29) is 0 Å². The maximum Gasteiger partial charge on any atom is 0.418 e. The van der Waals surface area contributed by atoms with Gasteiger partial charge >= 0.3 is 12.2 Å². The summed E-state index contributed by atoms with van der Waals surface area (Å²) in [5.74, 6) is 0.340. The summed E-state index contributed by atoms with van der Waals surface area (Å²) in [5.41, 5.74) is -0.592. The summed E-state index contributed by atoms with van der Waals surface area (Å²) in [6.07, 6.45) is 3.06. The van der Waals surface area contributed by atoms with Crippen molar-refractivity contribution in [3.05, 3.63) is 12.4 Å². The zero-order valence-corrected chi connectivity index (χ0v) is 13.3. The first-order chi connectivity index (χ1) is 10.3. The van der Waals surface area contributed by atoms with Crippen LogP contribution in [0.1, 0.15) is 33.6 Å². The molecule has 0 aromatic carbocycles. The third-order valence-electron chi connectivity index (χ3n) is 3.23. The number of rotatable bonds is 2. The van der Waals surface area contributed by atoms with Gasteiger partial charge in [-0.25, -0.2) is 19.5 Å². The fourth-order valence-electron chi connectivity index (χ4n) is 2.39. The maximum atomic E-state index is 12.4. The average Bonchev–Trinajstić information content (AvgIpc) is 3.08. The van der Waals surface area contributed by atoms with Crippen LogP contribution in [0.2, 0.25) is 0 Å². The number of hydrogen-bond donors (Lipinski definition) is 1. The van der Waals surface area contributed by atoms with E-state index in [9.17, 15) is 9.59 Å². The van der Waals surface area contributed by atoms with E-state index in [1.807, 2.05) is 0 Å². The molecule has 22 heavy (non-hydrogen) atoms. The Morgan fingerprint density at radius 3 is 2.73 bits per heavy atom. The van der Waals surface area contributed by atoms with Crippen LogP contribution in [0, 0.1) is 0 Å². The van der Waals surface area contributed by atoms with Crippen molar-refractivity contribution in [1.29, 1.82) is 0 Å². The number of aromatic amines is 1. The lowest BCUT2D eigenvalue weighted by Crippen LogP contribution is -2.51. The second-order valence-corrected chi connectivity index (χ2v) is 6.05. The molecule has 1 aromatic rings. The van der Waals surface area contributed by atoms with Crippen LogP contribution in [0.15, 0.2) is 12.4 Å². The zero-order valence-electron chi connectivity index (χ0n) is 13.3. The van der Waals surface area contributed by atoms with E-state index in [4.69, 9.17) is 9.47 Å². The summed E-state index contributed by atoms with van der Waals surface area (Å²) in [6.45, 7) is 5.94. The molecular weight excluding hydrogens is 288 g/mol. The molecule has 2 heterocycles. The number of H-pyrrole nitrogens is 1. The van der Waals surface area contributed by atoms with Crippen molar-refractivity contribution in [2.24, 2.45) is 0 Å². The number of nitrogens with one attached hydrogen (secondary N) is 1. The van der Waals surface area contributed by atoms with Gasteiger partial charge < -0.3 is 14.5 Å². The highest BCUT2D eigenvalue weighted by molar-refractivity contribution is 5.86. The number of likely N-dealkylation sites (tertiary alicyclic amines) is 1. The van der Waals surface area contributed by atoms with Gasteiger partial charge in [-0.05, 0) is 33.6 Å². The smallest absolute Gasteiger partial charge is 0.418 e. The van der Waals surface area contributed by atoms with Crippen molar-refractivity contribution < 1.29 is 19.1 Å². The maximum absolute atomic E-state index is 12.4. The lowest BCUT2D eigenvalue weighted by Gasteiger charge is -2.33. The number of methoxy groups -OCH3 is 1. The van der Waals surface area contributed by atoms with Crippen LogP contribution in [0.25, 0.3) is 0 Å². The molecule has 1 saturated heterocycles. The van der Waals surface area contributed by atoms with Crippen molar-refractivity contribution in [1.82, 2.24) is 14.9 Å². The standard InChI is InChI=1S/C14H22N4O4/c1-14(2,3)22-12(19)17-9-5-6-10(17)18(13(20)21-4)11-15-7-8-16-11/h7-8,10H,5-6,9H2,1-4H3,(H,15,16). The van der Waals surface area contributed by atoms with Crippen molar-refractivity contribution in [3.63, 3.8) is 0 Å². The summed E-state index contributed by atoms with van der Waals surface area (Å²) < 4.78 is 10.2. The monoisotopic (exact) mass is 310 g/mol. The molecule has 122 valence electrons. The molecule has 0 aliphatic carbocycles. The molecule has 1 N–H and O–H groups in total. The Morgan fingerprint density at radius 1 is 1.45 bits per heavy atom.